The Bertz CT molecular complexity index is 923. The van der Waals surface area contributed by atoms with E-state index in [-0.39, 0.29) is 23.6 Å². The van der Waals surface area contributed by atoms with Gasteiger partial charge in [0.05, 0.1) is 17.7 Å². The standard InChI is InChI=1S/C19H17N3O5/c1-11(23)20-13-5-7-14(8-6-13)21-16-10-17(24)22(18(16)25)15-4-2-3-12(9-15)19(26)27/h2-9,16,21H,10H2,1H3,(H,20,23)(H,26,27). The quantitative estimate of drug-likeness (QED) is 0.697. The van der Waals surface area contributed by atoms with Crippen LogP contribution in [0, 0.1) is 0 Å². The van der Waals surface area contributed by atoms with Crippen LogP contribution in [0.3, 0.4) is 0 Å². The molecule has 27 heavy (non-hydrogen) atoms. The van der Waals surface area contributed by atoms with Gasteiger partial charge in [0.15, 0.2) is 0 Å². The summed E-state index contributed by atoms with van der Waals surface area (Å²) in [6.45, 7) is 1.41. The molecule has 1 aliphatic heterocycles. The van der Waals surface area contributed by atoms with E-state index < -0.39 is 23.8 Å². The fraction of sp³-hybridized carbons (Fsp3) is 0.158. The Hall–Kier alpha value is -3.68. The topological polar surface area (TPSA) is 116 Å². The number of aromatic carboxylic acids is 1. The van der Waals surface area contributed by atoms with Crippen LogP contribution in [0.25, 0.3) is 0 Å². The predicted molar refractivity (Wildman–Crippen MR) is 98.7 cm³/mol. The van der Waals surface area contributed by atoms with Crippen molar-refractivity contribution in [3.05, 3.63) is 54.1 Å². The molecule has 0 radical (unpaired) electrons. The molecule has 3 rings (SSSR count). The molecule has 0 saturated carbocycles. The minimum Gasteiger partial charge on any atom is -0.478 e. The number of carboxylic acid groups (broad SMARTS) is 1. The number of hydrogen-bond acceptors (Lipinski definition) is 5. The van der Waals surface area contributed by atoms with Gasteiger partial charge in [0.1, 0.15) is 6.04 Å². The second-order valence-electron chi connectivity index (χ2n) is 6.08. The molecule has 0 aliphatic carbocycles. The van der Waals surface area contributed by atoms with E-state index in [0.29, 0.717) is 11.4 Å². The zero-order valence-electron chi connectivity index (χ0n) is 14.4. The van der Waals surface area contributed by atoms with Crippen molar-refractivity contribution in [2.75, 3.05) is 15.5 Å². The molecule has 2 aromatic carbocycles. The summed E-state index contributed by atoms with van der Waals surface area (Å²) in [7, 11) is 0. The Balaban J connectivity index is 1.75. The number of imide groups is 1. The van der Waals surface area contributed by atoms with E-state index in [4.69, 9.17) is 5.11 Å². The predicted octanol–water partition coefficient (Wildman–Crippen LogP) is 2.09. The third kappa shape index (κ3) is 3.95. The summed E-state index contributed by atoms with van der Waals surface area (Å²) in [5.41, 5.74) is 1.47. The van der Waals surface area contributed by atoms with Crippen LogP contribution in [0.2, 0.25) is 0 Å². The van der Waals surface area contributed by atoms with Gasteiger partial charge in [-0.3, -0.25) is 14.4 Å². The minimum absolute atomic E-state index is 0.00179. The van der Waals surface area contributed by atoms with Crippen LogP contribution in [0.5, 0.6) is 0 Å². The minimum atomic E-state index is -1.13. The van der Waals surface area contributed by atoms with E-state index in [1.807, 2.05) is 0 Å². The molecular formula is C19H17N3O5. The number of benzene rings is 2. The van der Waals surface area contributed by atoms with Crippen molar-refractivity contribution in [3.63, 3.8) is 0 Å². The Morgan fingerprint density at radius 3 is 2.37 bits per heavy atom. The summed E-state index contributed by atoms with van der Waals surface area (Å²) >= 11 is 0. The first kappa shape index (κ1) is 18.1. The summed E-state index contributed by atoms with van der Waals surface area (Å²) in [6, 6.07) is 11.7. The fourth-order valence-corrected chi connectivity index (χ4v) is 2.85. The lowest BCUT2D eigenvalue weighted by Crippen LogP contribution is -2.34. The number of nitrogens with one attached hydrogen (secondary N) is 2. The lowest BCUT2D eigenvalue weighted by molar-refractivity contribution is -0.121. The van der Waals surface area contributed by atoms with Gasteiger partial charge >= 0.3 is 5.97 Å². The van der Waals surface area contributed by atoms with Gasteiger partial charge in [0, 0.05) is 18.3 Å². The number of amides is 3. The number of rotatable bonds is 5. The first-order valence-electron chi connectivity index (χ1n) is 8.19. The molecule has 1 unspecified atom stereocenters. The highest BCUT2D eigenvalue weighted by atomic mass is 16.4. The zero-order chi connectivity index (χ0) is 19.6. The van der Waals surface area contributed by atoms with E-state index in [1.165, 1.54) is 31.2 Å². The van der Waals surface area contributed by atoms with Gasteiger partial charge in [-0.25, -0.2) is 9.69 Å². The molecule has 1 aliphatic rings. The first-order chi connectivity index (χ1) is 12.8. The van der Waals surface area contributed by atoms with Crippen molar-refractivity contribution < 1.29 is 24.3 Å². The van der Waals surface area contributed by atoms with Gasteiger partial charge in [-0.1, -0.05) is 6.07 Å². The van der Waals surface area contributed by atoms with Crippen molar-refractivity contribution in [2.45, 2.75) is 19.4 Å². The number of nitrogens with zero attached hydrogens (tertiary/aromatic N) is 1. The SMILES string of the molecule is CC(=O)Nc1ccc(NC2CC(=O)N(c3cccc(C(=O)O)c3)C2=O)cc1. The molecule has 1 heterocycles. The highest BCUT2D eigenvalue weighted by Crippen LogP contribution is 2.26. The highest BCUT2D eigenvalue weighted by molar-refractivity contribution is 6.23. The van der Waals surface area contributed by atoms with Crippen molar-refractivity contribution in [2.24, 2.45) is 0 Å². The Kier molecular flexibility index (Phi) is 4.89. The van der Waals surface area contributed by atoms with E-state index in [9.17, 15) is 19.2 Å². The average Bonchev–Trinajstić information content (AvgIpc) is 2.90. The first-order valence-corrected chi connectivity index (χ1v) is 8.19. The van der Waals surface area contributed by atoms with Crippen LogP contribution in [0.1, 0.15) is 23.7 Å². The number of carbonyl (C=O) groups excluding carboxylic acids is 3. The van der Waals surface area contributed by atoms with Gasteiger partial charge in [0.25, 0.3) is 5.91 Å². The molecule has 138 valence electrons. The lowest BCUT2D eigenvalue weighted by atomic mass is 10.2. The maximum atomic E-state index is 12.7. The van der Waals surface area contributed by atoms with Crippen LogP contribution in [0.15, 0.2) is 48.5 Å². The van der Waals surface area contributed by atoms with E-state index in [1.54, 1.807) is 24.3 Å². The summed E-state index contributed by atoms with van der Waals surface area (Å²) in [6.07, 6.45) is -0.0381. The molecule has 8 nitrogen and oxygen atoms in total. The second kappa shape index (κ2) is 7.28. The van der Waals surface area contributed by atoms with Gasteiger partial charge in [-0.05, 0) is 42.5 Å². The zero-order valence-corrected chi connectivity index (χ0v) is 14.4. The third-order valence-corrected chi connectivity index (χ3v) is 4.04. The maximum Gasteiger partial charge on any atom is 0.335 e. The van der Waals surface area contributed by atoms with Crippen LogP contribution in [0.4, 0.5) is 17.1 Å². The second-order valence-corrected chi connectivity index (χ2v) is 6.08. The smallest absolute Gasteiger partial charge is 0.335 e. The molecule has 0 spiro atoms. The van der Waals surface area contributed by atoms with E-state index in [0.717, 1.165) is 4.90 Å². The number of carbonyl (C=O) groups is 4. The fourth-order valence-electron chi connectivity index (χ4n) is 2.85. The van der Waals surface area contributed by atoms with Crippen molar-refractivity contribution in [1.82, 2.24) is 0 Å². The molecule has 8 heteroatoms. The maximum absolute atomic E-state index is 12.7. The summed E-state index contributed by atoms with van der Waals surface area (Å²) in [4.78, 5) is 48.1. The average molecular weight is 367 g/mol. The molecule has 1 fully saturated rings. The molecule has 0 bridgehead atoms. The number of carboxylic acids is 1. The van der Waals surface area contributed by atoms with Crippen LogP contribution >= 0.6 is 0 Å². The van der Waals surface area contributed by atoms with Crippen molar-refractivity contribution in [1.29, 1.82) is 0 Å². The highest BCUT2D eigenvalue weighted by Gasteiger charge is 2.39. The molecule has 0 aromatic heterocycles. The Labute approximate surface area is 154 Å². The van der Waals surface area contributed by atoms with Gasteiger partial charge in [-0.15, -0.1) is 0 Å². The largest absolute Gasteiger partial charge is 0.478 e. The monoisotopic (exact) mass is 367 g/mol. The third-order valence-electron chi connectivity index (χ3n) is 4.04. The van der Waals surface area contributed by atoms with Gasteiger partial charge in [-0.2, -0.15) is 0 Å². The molecular weight excluding hydrogens is 350 g/mol. The van der Waals surface area contributed by atoms with Crippen LogP contribution in [-0.4, -0.2) is 34.8 Å². The molecule has 1 saturated heterocycles. The number of hydrogen-bond donors (Lipinski definition) is 3. The van der Waals surface area contributed by atoms with Gasteiger partial charge in [0.2, 0.25) is 11.8 Å². The summed E-state index contributed by atoms with van der Waals surface area (Å²) < 4.78 is 0. The normalized spacial score (nSPS) is 16.3. The van der Waals surface area contributed by atoms with Crippen LogP contribution in [-0.2, 0) is 14.4 Å². The Morgan fingerprint density at radius 1 is 1.07 bits per heavy atom. The van der Waals surface area contributed by atoms with E-state index in [2.05, 4.69) is 10.6 Å². The van der Waals surface area contributed by atoms with Gasteiger partial charge < -0.3 is 15.7 Å². The van der Waals surface area contributed by atoms with Crippen molar-refractivity contribution >= 4 is 40.8 Å². The Morgan fingerprint density at radius 2 is 1.74 bits per heavy atom. The molecule has 1 atom stereocenters. The molecule has 3 N–H and O–H groups in total. The molecule has 3 amide bonds. The summed E-state index contributed by atoms with van der Waals surface area (Å²) in [5.74, 6) is -2.18. The summed E-state index contributed by atoms with van der Waals surface area (Å²) in [5, 5.41) is 14.7. The van der Waals surface area contributed by atoms with E-state index >= 15 is 0 Å². The lowest BCUT2D eigenvalue weighted by Gasteiger charge is -2.16. The van der Waals surface area contributed by atoms with Crippen LogP contribution < -0.4 is 15.5 Å². The van der Waals surface area contributed by atoms with Crippen molar-refractivity contribution in [3.8, 4) is 0 Å². The number of anilines is 3. The molecule has 2 aromatic rings.